The molecule has 0 aromatic heterocycles. The first-order chi connectivity index (χ1) is 9.79. The first kappa shape index (κ1) is 16.0. The van der Waals surface area contributed by atoms with Crippen LogP contribution in [0.1, 0.15) is 31.2 Å². The van der Waals surface area contributed by atoms with Crippen LogP contribution in [0.4, 0.5) is 0 Å². The predicted octanol–water partition coefficient (Wildman–Crippen LogP) is 4.03. The highest BCUT2D eigenvalue weighted by Crippen LogP contribution is 2.33. The Morgan fingerprint density at radius 3 is 2.85 bits per heavy atom. The number of halogens is 1. The molecule has 2 nitrogen and oxygen atoms in total. The van der Waals surface area contributed by atoms with Gasteiger partial charge in [0, 0.05) is 18.1 Å². The predicted molar refractivity (Wildman–Crippen MR) is 88.0 cm³/mol. The van der Waals surface area contributed by atoms with Crippen LogP contribution >= 0.6 is 15.9 Å². The summed E-state index contributed by atoms with van der Waals surface area (Å²) < 4.78 is 6.30. The molecular formula is C17H26BrNO. The molecule has 1 aliphatic carbocycles. The third kappa shape index (κ3) is 5.19. The van der Waals surface area contributed by atoms with Gasteiger partial charge >= 0.3 is 0 Å². The molecule has 1 N–H and O–H groups in total. The summed E-state index contributed by atoms with van der Waals surface area (Å²) in [6, 6.07) is 8.76. The summed E-state index contributed by atoms with van der Waals surface area (Å²) >= 11 is 3.58. The van der Waals surface area contributed by atoms with Crippen molar-refractivity contribution in [2.75, 3.05) is 26.8 Å². The molecule has 1 atom stereocenters. The maximum absolute atomic E-state index is 5.11. The highest BCUT2D eigenvalue weighted by atomic mass is 79.9. The summed E-state index contributed by atoms with van der Waals surface area (Å²) in [5.74, 6) is 1.65. The molecule has 1 unspecified atom stereocenters. The number of ether oxygens (including phenoxy) is 1. The van der Waals surface area contributed by atoms with Crippen molar-refractivity contribution in [1.82, 2.24) is 5.32 Å². The fourth-order valence-corrected chi connectivity index (χ4v) is 3.71. The molecule has 0 spiro atoms. The van der Waals surface area contributed by atoms with Gasteiger partial charge < -0.3 is 10.1 Å². The van der Waals surface area contributed by atoms with Gasteiger partial charge in [0.25, 0.3) is 0 Å². The van der Waals surface area contributed by atoms with Gasteiger partial charge in [0.2, 0.25) is 0 Å². The van der Waals surface area contributed by atoms with E-state index in [-0.39, 0.29) is 0 Å². The molecule has 1 aliphatic rings. The van der Waals surface area contributed by atoms with E-state index in [9.17, 15) is 0 Å². The van der Waals surface area contributed by atoms with Gasteiger partial charge in [0.15, 0.2) is 0 Å². The molecule has 0 amide bonds. The highest BCUT2D eigenvalue weighted by molar-refractivity contribution is 9.10. The highest BCUT2D eigenvalue weighted by Gasteiger charge is 2.24. The fraction of sp³-hybridized carbons (Fsp3) is 0.647. The third-order valence-corrected chi connectivity index (χ3v) is 4.84. The average Bonchev–Trinajstić information content (AvgIpc) is 2.96. The lowest BCUT2D eigenvalue weighted by Crippen LogP contribution is -2.31. The molecule has 1 saturated carbocycles. The molecule has 0 heterocycles. The summed E-state index contributed by atoms with van der Waals surface area (Å²) in [5.41, 5.74) is 1.45. The molecule has 20 heavy (non-hydrogen) atoms. The zero-order valence-electron chi connectivity index (χ0n) is 12.4. The quantitative estimate of drug-likeness (QED) is 0.722. The van der Waals surface area contributed by atoms with E-state index in [0.717, 1.165) is 31.5 Å². The van der Waals surface area contributed by atoms with Crippen LogP contribution in [0.3, 0.4) is 0 Å². The standard InChI is InChI=1S/C17H26BrNO/c1-20-10-9-19-13-16(15-6-2-3-7-15)11-14-5-4-8-17(18)12-14/h4-5,8,12,15-16,19H,2-3,6-7,9-11,13H2,1H3. The van der Waals surface area contributed by atoms with Gasteiger partial charge in [-0.15, -0.1) is 0 Å². The minimum atomic E-state index is 0.753. The summed E-state index contributed by atoms with van der Waals surface area (Å²) in [5, 5.41) is 3.56. The molecular weight excluding hydrogens is 314 g/mol. The number of methoxy groups -OCH3 is 1. The van der Waals surface area contributed by atoms with E-state index in [4.69, 9.17) is 4.74 Å². The molecule has 112 valence electrons. The van der Waals surface area contributed by atoms with E-state index < -0.39 is 0 Å². The lowest BCUT2D eigenvalue weighted by molar-refractivity contribution is 0.195. The van der Waals surface area contributed by atoms with E-state index in [1.54, 1.807) is 7.11 Å². The van der Waals surface area contributed by atoms with Crippen molar-refractivity contribution < 1.29 is 4.74 Å². The minimum Gasteiger partial charge on any atom is -0.383 e. The normalized spacial score (nSPS) is 17.5. The second kappa shape index (κ2) is 8.81. The van der Waals surface area contributed by atoms with Crippen LogP contribution in [0, 0.1) is 11.8 Å². The summed E-state index contributed by atoms with van der Waals surface area (Å²) in [4.78, 5) is 0. The minimum absolute atomic E-state index is 0.753. The van der Waals surface area contributed by atoms with E-state index in [2.05, 4.69) is 45.5 Å². The smallest absolute Gasteiger partial charge is 0.0587 e. The van der Waals surface area contributed by atoms with Gasteiger partial charge in [-0.1, -0.05) is 53.7 Å². The maximum Gasteiger partial charge on any atom is 0.0587 e. The average molecular weight is 340 g/mol. The topological polar surface area (TPSA) is 21.3 Å². The lowest BCUT2D eigenvalue weighted by atomic mass is 9.85. The summed E-state index contributed by atoms with van der Waals surface area (Å²) in [6.45, 7) is 2.87. The molecule has 1 aromatic carbocycles. The zero-order valence-corrected chi connectivity index (χ0v) is 14.0. The van der Waals surface area contributed by atoms with Crippen LogP contribution in [0.25, 0.3) is 0 Å². The molecule has 0 saturated heterocycles. The second-order valence-corrected chi connectivity index (χ2v) is 6.75. The van der Waals surface area contributed by atoms with E-state index in [0.29, 0.717) is 0 Å². The van der Waals surface area contributed by atoms with Crippen LogP contribution in [-0.4, -0.2) is 26.8 Å². The van der Waals surface area contributed by atoms with Crippen molar-refractivity contribution in [2.45, 2.75) is 32.1 Å². The van der Waals surface area contributed by atoms with Crippen LogP contribution < -0.4 is 5.32 Å². The molecule has 3 heteroatoms. The first-order valence-electron chi connectivity index (χ1n) is 7.73. The van der Waals surface area contributed by atoms with Gasteiger partial charge in [-0.2, -0.15) is 0 Å². The molecule has 0 radical (unpaired) electrons. The van der Waals surface area contributed by atoms with E-state index in [1.165, 1.54) is 42.1 Å². The number of hydrogen-bond acceptors (Lipinski definition) is 2. The number of rotatable bonds is 8. The Hall–Kier alpha value is -0.380. The third-order valence-electron chi connectivity index (χ3n) is 4.34. The van der Waals surface area contributed by atoms with Crippen molar-refractivity contribution >= 4 is 15.9 Å². The number of benzene rings is 1. The Morgan fingerprint density at radius 2 is 2.15 bits per heavy atom. The molecule has 1 fully saturated rings. The Labute approximate surface area is 131 Å². The molecule has 0 aliphatic heterocycles. The Bertz CT molecular complexity index is 390. The SMILES string of the molecule is COCCNCC(Cc1cccc(Br)c1)C1CCCC1. The Balaban J connectivity index is 1.91. The van der Waals surface area contributed by atoms with Crippen molar-refractivity contribution in [3.63, 3.8) is 0 Å². The summed E-state index contributed by atoms with van der Waals surface area (Å²) in [6.07, 6.45) is 6.83. The Morgan fingerprint density at radius 1 is 1.35 bits per heavy atom. The van der Waals surface area contributed by atoms with Crippen molar-refractivity contribution in [1.29, 1.82) is 0 Å². The number of hydrogen-bond donors (Lipinski definition) is 1. The molecule has 1 aromatic rings. The molecule has 0 bridgehead atoms. The zero-order chi connectivity index (χ0) is 14.2. The molecule has 2 rings (SSSR count). The van der Waals surface area contributed by atoms with Gasteiger partial charge in [-0.3, -0.25) is 0 Å². The van der Waals surface area contributed by atoms with Gasteiger partial charge in [-0.05, 0) is 42.5 Å². The first-order valence-corrected chi connectivity index (χ1v) is 8.53. The summed E-state index contributed by atoms with van der Waals surface area (Å²) in [7, 11) is 1.76. The fourth-order valence-electron chi connectivity index (χ4n) is 3.26. The Kier molecular flexibility index (Phi) is 7.05. The second-order valence-electron chi connectivity index (χ2n) is 5.84. The lowest BCUT2D eigenvalue weighted by Gasteiger charge is -2.24. The van der Waals surface area contributed by atoms with Crippen molar-refractivity contribution in [3.8, 4) is 0 Å². The van der Waals surface area contributed by atoms with Gasteiger partial charge in [-0.25, -0.2) is 0 Å². The van der Waals surface area contributed by atoms with Crippen LogP contribution in [-0.2, 0) is 11.2 Å². The largest absolute Gasteiger partial charge is 0.383 e. The van der Waals surface area contributed by atoms with Crippen molar-refractivity contribution in [2.24, 2.45) is 11.8 Å². The van der Waals surface area contributed by atoms with Crippen LogP contribution in [0.2, 0.25) is 0 Å². The monoisotopic (exact) mass is 339 g/mol. The van der Waals surface area contributed by atoms with Crippen LogP contribution in [0.5, 0.6) is 0 Å². The number of nitrogens with one attached hydrogen (secondary N) is 1. The van der Waals surface area contributed by atoms with E-state index in [1.807, 2.05) is 0 Å². The van der Waals surface area contributed by atoms with Crippen molar-refractivity contribution in [3.05, 3.63) is 34.3 Å². The van der Waals surface area contributed by atoms with Crippen LogP contribution in [0.15, 0.2) is 28.7 Å². The van der Waals surface area contributed by atoms with Gasteiger partial charge in [0.05, 0.1) is 6.61 Å². The maximum atomic E-state index is 5.11. The van der Waals surface area contributed by atoms with Gasteiger partial charge in [0.1, 0.15) is 0 Å². The van der Waals surface area contributed by atoms with E-state index >= 15 is 0 Å².